The van der Waals surface area contributed by atoms with Gasteiger partial charge in [0.1, 0.15) is 11.9 Å². The van der Waals surface area contributed by atoms with Gasteiger partial charge in [-0.25, -0.2) is 8.42 Å². The normalized spacial score (nSPS) is 20.3. The van der Waals surface area contributed by atoms with Crippen molar-refractivity contribution in [2.24, 2.45) is 5.92 Å². The molecule has 0 unspecified atom stereocenters. The first-order valence-electron chi connectivity index (χ1n) is 14.4. The first-order valence-corrected chi connectivity index (χ1v) is 16.2. The lowest BCUT2D eigenvalue weighted by molar-refractivity contribution is -0.173. The third kappa shape index (κ3) is 8.46. The monoisotopic (exact) mass is 672 g/mol. The number of rotatable bonds is 13. The number of nitriles is 1. The number of fused-ring (bicyclic) bond motifs is 1. The van der Waals surface area contributed by atoms with E-state index in [-0.39, 0.29) is 49.8 Å². The van der Waals surface area contributed by atoms with E-state index in [4.69, 9.17) is 25.8 Å². The molecule has 1 fully saturated rings. The van der Waals surface area contributed by atoms with Gasteiger partial charge >= 0.3 is 12.1 Å². The van der Waals surface area contributed by atoms with Crippen LogP contribution in [0.4, 0.5) is 13.2 Å². The summed E-state index contributed by atoms with van der Waals surface area (Å²) >= 11 is 6.31. The van der Waals surface area contributed by atoms with Crippen molar-refractivity contribution in [2.75, 3.05) is 60.2 Å². The van der Waals surface area contributed by atoms with Crippen molar-refractivity contribution < 1.29 is 40.6 Å². The van der Waals surface area contributed by atoms with Gasteiger partial charge in [-0.05, 0) is 86.8 Å². The lowest BCUT2D eigenvalue weighted by Crippen LogP contribution is -2.38. The molecule has 2 aromatic rings. The van der Waals surface area contributed by atoms with E-state index in [1.807, 2.05) is 25.1 Å². The molecular weight excluding hydrogens is 637 g/mol. The molecule has 1 amide bonds. The molecule has 2 aliphatic rings. The Hall–Kier alpha value is -2.93. The Labute approximate surface area is 266 Å². The van der Waals surface area contributed by atoms with Crippen molar-refractivity contribution in [3.63, 3.8) is 0 Å². The fraction of sp³-hybridized carbons (Fsp3) is 0.533. The zero-order chi connectivity index (χ0) is 32.9. The number of halogens is 4. The summed E-state index contributed by atoms with van der Waals surface area (Å²) in [5.74, 6) is -1.50. The predicted molar refractivity (Wildman–Crippen MR) is 159 cm³/mol. The first kappa shape index (κ1) is 34.9. The summed E-state index contributed by atoms with van der Waals surface area (Å²) in [4.78, 5) is 12.9. The van der Waals surface area contributed by atoms with Crippen LogP contribution in [0.15, 0.2) is 35.2 Å². The van der Waals surface area contributed by atoms with Crippen LogP contribution in [-0.2, 0) is 30.7 Å². The highest BCUT2D eigenvalue weighted by atomic mass is 35.5. The molecule has 0 bridgehead atoms. The van der Waals surface area contributed by atoms with Gasteiger partial charge in [0.15, 0.2) is 0 Å². The van der Waals surface area contributed by atoms with E-state index >= 15 is 0 Å². The fourth-order valence-corrected chi connectivity index (χ4v) is 7.36. The number of amides is 1. The third-order valence-corrected chi connectivity index (χ3v) is 9.98. The Morgan fingerprint density at radius 3 is 2.58 bits per heavy atom. The van der Waals surface area contributed by atoms with Crippen LogP contribution in [0.2, 0.25) is 5.02 Å². The largest absolute Gasteiger partial charge is 0.484 e. The zero-order valence-corrected chi connectivity index (χ0v) is 26.8. The number of nitrogens with one attached hydrogen (secondary N) is 1. The summed E-state index contributed by atoms with van der Waals surface area (Å²) in [6.45, 7) is 2.66. The van der Waals surface area contributed by atoms with Gasteiger partial charge in [-0.15, -0.1) is 0 Å². The number of hydrogen-bond acceptors (Lipinski definition) is 8. The Morgan fingerprint density at radius 1 is 1.18 bits per heavy atom. The minimum atomic E-state index is -4.93. The molecule has 15 heteroatoms. The van der Waals surface area contributed by atoms with Crippen molar-refractivity contribution in [1.29, 1.82) is 5.26 Å². The van der Waals surface area contributed by atoms with E-state index < -0.39 is 28.2 Å². The maximum Gasteiger partial charge on any atom is 0.471 e. The fourth-order valence-electron chi connectivity index (χ4n) is 5.52. The standard InChI is InChI=1S/C30H36ClF3N4O6S/c1-19-12-23(4-5-27(19)44-28-25-14-22(31)13-21(16-35)24(25)15-26(28)37(2)3)45(40,41)38-8-6-20(17-38)18-43-11-10-42-9-7-36-29(39)30(32,33)34/h4-5,12-14,20,26,28H,6-11,15,17-18H2,1-3H3,(H,36,39)/t20-,26-,28-/m0/s1. The topological polar surface area (TPSA) is 121 Å². The van der Waals surface area contributed by atoms with Gasteiger partial charge in [0.05, 0.1) is 49.0 Å². The molecule has 0 spiro atoms. The number of hydrogen-bond donors (Lipinski definition) is 1. The second-order valence-electron chi connectivity index (χ2n) is 11.3. The van der Waals surface area contributed by atoms with Gasteiger partial charge in [-0.3, -0.25) is 4.79 Å². The summed E-state index contributed by atoms with van der Waals surface area (Å²) < 4.78 is 82.0. The molecule has 1 N–H and O–H groups in total. The van der Waals surface area contributed by atoms with E-state index in [1.54, 1.807) is 30.4 Å². The summed E-state index contributed by atoms with van der Waals surface area (Å²) in [6.07, 6.45) is -4.09. The molecule has 1 saturated heterocycles. The van der Waals surface area contributed by atoms with Crippen LogP contribution in [-0.4, -0.2) is 95.9 Å². The van der Waals surface area contributed by atoms with E-state index in [2.05, 4.69) is 6.07 Å². The molecule has 1 heterocycles. The quantitative estimate of drug-likeness (QED) is 0.319. The molecular formula is C30H36ClF3N4O6S. The molecule has 45 heavy (non-hydrogen) atoms. The molecule has 0 aromatic heterocycles. The smallest absolute Gasteiger partial charge is 0.471 e. The maximum atomic E-state index is 13.5. The van der Waals surface area contributed by atoms with E-state index in [0.717, 1.165) is 11.1 Å². The van der Waals surface area contributed by atoms with Gasteiger partial charge in [-0.1, -0.05) is 11.6 Å². The Bertz CT molecular complexity index is 1530. The highest BCUT2D eigenvalue weighted by Gasteiger charge is 2.39. The van der Waals surface area contributed by atoms with Crippen LogP contribution >= 0.6 is 11.6 Å². The molecule has 3 atom stereocenters. The van der Waals surface area contributed by atoms with Crippen molar-refractivity contribution in [2.45, 2.75) is 43.0 Å². The number of ether oxygens (including phenoxy) is 3. The van der Waals surface area contributed by atoms with Crippen molar-refractivity contribution >= 4 is 27.5 Å². The average molecular weight is 673 g/mol. The molecule has 4 rings (SSSR count). The van der Waals surface area contributed by atoms with Gasteiger partial charge in [-0.2, -0.15) is 22.7 Å². The summed E-state index contributed by atoms with van der Waals surface area (Å²) in [7, 11) is 0.121. The molecule has 246 valence electrons. The number of likely N-dealkylation sites (N-methyl/N-ethyl adjacent to an activating group) is 1. The molecule has 2 aromatic carbocycles. The van der Waals surface area contributed by atoms with Gasteiger partial charge in [0.2, 0.25) is 10.0 Å². The lowest BCUT2D eigenvalue weighted by atomic mass is 10.0. The Morgan fingerprint density at radius 2 is 1.91 bits per heavy atom. The van der Waals surface area contributed by atoms with Crippen LogP contribution in [0.25, 0.3) is 0 Å². The SMILES string of the molecule is Cc1cc(S(=O)(=O)N2CC[C@H](COCCOCCNC(=O)C(F)(F)F)C2)ccc1O[C@H]1c2cc(Cl)cc(C#N)c2C[C@@H]1N(C)C. The second kappa shape index (κ2) is 14.7. The Balaban J connectivity index is 1.30. The average Bonchev–Trinajstić information content (AvgIpc) is 3.60. The highest BCUT2D eigenvalue weighted by molar-refractivity contribution is 7.89. The van der Waals surface area contributed by atoms with Crippen LogP contribution in [0.5, 0.6) is 5.75 Å². The summed E-state index contributed by atoms with van der Waals surface area (Å²) in [6, 6.07) is 10.5. The van der Waals surface area contributed by atoms with Gasteiger partial charge in [0, 0.05) is 24.7 Å². The second-order valence-corrected chi connectivity index (χ2v) is 13.7. The summed E-state index contributed by atoms with van der Waals surface area (Å²) in [5, 5.41) is 11.8. The van der Waals surface area contributed by atoms with Crippen molar-refractivity contribution in [3.8, 4) is 11.8 Å². The number of carbonyl (C=O) groups excluding carboxylic acids is 1. The first-order chi connectivity index (χ1) is 21.2. The third-order valence-electron chi connectivity index (χ3n) is 7.90. The van der Waals surface area contributed by atoms with Crippen LogP contribution in [0.3, 0.4) is 0 Å². The van der Waals surface area contributed by atoms with Crippen molar-refractivity contribution in [1.82, 2.24) is 14.5 Å². The minimum Gasteiger partial charge on any atom is -0.484 e. The number of alkyl halides is 3. The van der Waals surface area contributed by atoms with Gasteiger partial charge in [0.25, 0.3) is 0 Å². The van der Waals surface area contributed by atoms with Crippen LogP contribution < -0.4 is 10.1 Å². The predicted octanol–water partition coefficient (Wildman–Crippen LogP) is 3.85. The molecule has 1 aliphatic heterocycles. The molecule has 0 saturated carbocycles. The number of carbonyl (C=O) groups is 1. The van der Waals surface area contributed by atoms with E-state index in [0.29, 0.717) is 47.9 Å². The highest BCUT2D eigenvalue weighted by Crippen LogP contribution is 2.41. The van der Waals surface area contributed by atoms with Crippen LogP contribution in [0.1, 0.15) is 34.8 Å². The van der Waals surface area contributed by atoms with E-state index in [1.165, 1.54) is 10.4 Å². The summed E-state index contributed by atoms with van der Waals surface area (Å²) in [5.41, 5.74) is 2.92. The number of nitrogens with zero attached hydrogens (tertiary/aromatic N) is 3. The number of sulfonamides is 1. The Kier molecular flexibility index (Phi) is 11.4. The molecule has 1 aliphatic carbocycles. The van der Waals surface area contributed by atoms with Crippen LogP contribution in [0, 0.1) is 24.2 Å². The zero-order valence-electron chi connectivity index (χ0n) is 25.2. The minimum absolute atomic E-state index is 0.0231. The van der Waals surface area contributed by atoms with E-state index in [9.17, 15) is 31.6 Å². The maximum absolute atomic E-state index is 13.5. The lowest BCUT2D eigenvalue weighted by Gasteiger charge is -2.28. The number of benzene rings is 2. The molecule has 10 nitrogen and oxygen atoms in total. The molecule has 0 radical (unpaired) electrons. The van der Waals surface area contributed by atoms with Gasteiger partial charge < -0.3 is 24.4 Å². The van der Waals surface area contributed by atoms with Crippen molar-refractivity contribution in [3.05, 3.63) is 57.6 Å². The number of aryl methyl sites for hydroxylation is 1.